The summed E-state index contributed by atoms with van der Waals surface area (Å²) in [6.07, 6.45) is 1.28. The van der Waals surface area contributed by atoms with Crippen molar-refractivity contribution in [3.05, 3.63) is 29.8 Å². The van der Waals surface area contributed by atoms with Crippen LogP contribution in [0.15, 0.2) is 24.3 Å². The van der Waals surface area contributed by atoms with E-state index in [4.69, 9.17) is 4.74 Å². The van der Waals surface area contributed by atoms with Crippen LogP contribution in [0.3, 0.4) is 0 Å². The standard InChI is InChI=1S/C13H18O3/c1-3-10(9-13(15)16-4-2)11-5-7-12(14)8-6-11/h5-8,10,14H,3-4,9H2,1-2H3/t10-/m1/s1. The first-order chi connectivity index (χ1) is 7.67. The van der Waals surface area contributed by atoms with E-state index in [9.17, 15) is 9.90 Å². The van der Waals surface area contributed by atoms with E-state index < -0.39 is 0 Å². The maximum atomic E-state index is 11.4. The molecule has 1 rings (SSSR count). The average Bonchev–Trinajstić information content (AvgIpc) is 2.27. The lowest BCUT2D eigenvalue weighted by Crippen LogP contribution is -2.09. The minimum absolute atomic E-state index is 0.164. The molecule has 0 saturated heterocycles. The van der Waals surface area contributed by atoms with Gasteiger partial charge in [0, 0.05) is 0 Å². The maximum absolute atomic E-state index is 11.4. The summed E-state index contributed by atoms with van der Waals surface area (Å²) >= 11 is 0. The van der Waals surface area contributed by atoms with E-state index in [1.165, 1.54) is 0 Å². The number of ether oxygens (including phenoxy) is 1. The van der Waals surface area contributed by atoms with Crippen molar-refractivity contribution in [1.82, 2.24) is 0 Å². The summed E-state index contributed by atoms with van der Waals surface area (Å²) in [4.78, 5) is 11.4. The Bertz CT molecular complexity index is 330. The first-order valence-electron chi connectivity index (χ1n) is 5.61. The van der Waals surface area contributed by atoms with E-state index in [2.05, 4.69) is 0 Å². The first kappa shape index (κ1) is 12.6. The van der Waals surface area contributed by atoms with Crippen molar-refractivity contribution in [1.29, 1.82) is 0 Å². The summed E-state index contributed by atoms with van der Waals surface area (Å²) in [5, 5.41) is 9.19. The van der Waals surface area contributed by atoms with Crippen molar-refractivity contribution in [3.8, 4) is 5.75 Å². The largest absolute Gasteiger partial charge is 0.508 e. The second kappa shape index (κ2) is 6.16. The summed E-state index contributed by atoms with van der Waals surface area (Å²) in [5.41, 5.74) is 1.06. The third kappa shape index (κ3) is 3.57. The molecule has 0 aromatic heterocycles. The van der Waals surface area contributed by atoms with Crippen molar-refractivity contribution >= 4 is 5.97 Å². The zero-order valence-corrected chi connectivity index (χ0v) is 9.77. The second-order valence-electron chi connectivity index (χ2n) is 3.71. The minimum atomic E-state index is -0.164. The molecule has 1 atom stereocenters. The normalized spacial score (nSPS) is 12.1. The molecule has 0 heterocycles. The average molecular weight is 222 g/mol. The molecule has 0 unspecified atom stereocenters. The molecule has 3 nitrogen and oxygen atoms in total. The van der Waals surface area contributed by atoms with Gasteiger partial charge in [-0.3, -0.25) is 4.79 Å². The molecule has 0 amide bonds. The van der Waals surface area contributed by atoms with E-state index in [-0.39, 0.29) is 17.6 Å². The van der Waals surface area contributed by atoms with Crippen LogP contribution < -0.4 is 0 Å². The third-order valence-electron chi connectivity index (χ3n) is 2.58. The molecule has 1 aromatic carbocycles. The van der Waals surface area contributed by atoms with Crippen LogP contribution in [0.4, 0.5) is 0 Å². The number of phenols is 1. The van der Waals surface area contributed by atoms with Crippen molar-refractivity contribution in [2.24, 2.45) is 0 Å². The van der Waals surface area contributed by atoms with Gasteiger partial charge >= 0.3 is 5.97 Å². The number of phenolic OH excluding ortho intramolecular Hbond substituents is 1. The maximum Gasteiger partial charge on any atom is 0.306 e. The highest BCUT2D eigenvalue weighted by atomic mass is 16.5. The zero-order chi connectivity index (χ0) is 12.0. The molecule has 0 bridgehead atoms. The lowest BCUT2D eigenvalue weighted by Gasteiger charge is -2.14. The lowest BCUT2D eigenvalue weighted by atomic mass is 9.93. The molecule has 0 fully saturated rings. The Balaban J connectivity index is 2.67. The molecule has 0 aliphatic rings. The summed E-state index contributed by atoms with van der Waals surface area (Å²) in [5.74, 6) is 0.247. The van der Waals surface area contributed by atoms with E-state index in [0.29, 0.717) is 13.0 Å². The van der Waals surface area contributed by atoms with Gasteiger partial charge in [0.1, 0.15) is 5.75 Å². The Morgan fingerprint density at radius 2 is 1.94 bits per heavy atom. The minimum Gasteiger partial charge on any atom is -0.508 e. The zero-order valence-electron chi connectivity index (χ0n) is 9.77. The molecule has 1 N–H and O–H groups in total. The number of carbonyl (C=O) groups is 1. The van der Waals surface area contributed by atoms with Gasteiger partial charge in [-0.25, -0.2) is 0 Å². The van der Waals surface area contributed by atoms with Crippen LogP contribution in [-0.2, 0) is 9.53 Å². The van der Waals surface area contributed by atoms with E-state index in [0.717, 1.165) is 12.0 Å². The van der Waals surface area contributed by atoms with Gasteiger partial charge in [0.05, 0.1) is 13.0 Å². The molecule has 16 heavy (non-hydrogen) atoms. The van der Waals surface area contributed by atoms with Crippen LogP contribution in [0.1, 0.15) is 38.2 Å². The number of hydrogen-bond acceptors (Lipinski definition) is 3. The Labute approximate surface area is 96.1 Å². The molecule has 1 aromatic rings. The number of carbonyl (C=O) groups excluding carboxylic acids is 1. The molecule has 0 spiro atoms. The van der Waals surface area contributed by atoms with Gasteiger partial charge in [-0.15, -0.1) is 0 Å². The number of hydrogen-bond donors (Lipinski definition) is 1. The summed E-state index contributed by atoms with van der Waals surface area (Å²) in [6.45, 7) is 4.26. The quantitative estimate of drug-likeness (QED) is 0.779. The molecule has 0 aliphatic heterocycles. The SMILES string of the molecule is CCOC(=O)C[C@@H](CC)c1ccc(O)cc1. The predicted octanol–water partition coefficient (Wildman–Crippen LogP) is 2.84. The molecule has 0 aliphatic carbocycles. The van der Waals surface area contributed by atoms with Gasteiger partial charge < -0.3 is 9.84 Å². The van der Waals surface area contributed by atoms with Crippen LogP contribution in [-0.4, -0.2) is 17.7 Å². The fourth-order valence-electron chi connectivity index (χ4n) is 1.67. The Morgan fingerprint density at radius 3 is 2.44 bits per heavy atom. The van der Waals surface area contributed by atoms with Crippen molar-refractivity contribution in [2.45, 2.75) is 32.6 Å². The number of esters is 1. The van der Waals surface area contributed by atoms with Crippen LogP contribution in [0.2, 0.25) is 0 Å². The van der Waals surface area contributed by atoms with Gasteiger partial charge in [-0.1, -0.05) is 19.1 Å². The Morgan fingerprint density at radius 1 is 1.31 bits per heavy atom. The van der Waals surface area contributed by atoms with Crippen molar-refractivity contribution in [3.63, 3.8) is 0 Å². The molecule has 88 valence electrons. The summed E-state index contributed by atoms with van der Waals surface area (Å²) in [7, 11) is 0. The van der Waals surface area contributed by atoms with E-state index >= 15 is 0 Å². The molecule has 0 radical (unpaired) electrons. The highest BCUT2D eigenvalue weighted by Gasteiger charge is 2.14. The van der Waals surface area contributed by atoms with Gasteiger partial charge in [0.15, 0.2) is 0 Å². The molecule has 3 heteroatoms. The second-order valence-corrected chi connectivity index (χ2v) is 3.71. The van der Waals surface area contributed by atoms with Gasteiger partial charge in [-0.05, 0) is 37.0 Å². The number of benzene rings is 1. The smallest absolute Gasteiger partial charge is 0.306 e. The van der Waals surface area contributed by atoms with E-state index in [1.807, 2.05) is 19.1 Å². The van der Waals surface area contributed by atoms with E-state index in [1.54, 1.807) is 19.1 Å². The number of rotatable bonds is 5. The van der Waals surface area contributed by atoms with Crippen LogP contribution in [0.25, 0.3) is 0 Å². The fraction of sp³-hybridized carbons (Fsp3) is 0.462. The van der Waals surface area contributed by atoms with Crippen molar-refractivity contribution in [2.75, 3.05) is 6.61 Å². The Hall–Kier alpha value is -1.51. The summed E-state index contributed by atoms with van der Waals surface area (Å²) < 4.78 is 4.93. The summed E-state index contributed by atoms with van der Waals surface area (Å²) in [6, 6.07) is 6.98. The third-order valence-corrected chi connectivity index (χ3v) is 2.58. The van der Waals surface area contributed by atoms with Crippen LogP contribution in [0.5, 0.6) is 5.75 Å². The van der Waals surface area contributed by atoms with Crippen molar-refractivity contribution < 1.29 is 14.6 Å². The predicted molar refractivity (Wildman–Crippen MR) is 62.4 cm³/mol. The Kier molecular flexibility index (Phi) is 4.83. The van der Waals surface area contributed by atoms with Crippen LogP contribution >= 0.6 is 0 Å². The van der Waals surface area contributed by atoms with Gasteiger partial charge in [0.2, 0.25) is 0 Å². The highest BCUT2D eigenvalue weighted by molar-refractivity contribution is 5.70. The topological polar surface area (TPSA) is 46.5 Å². The van der Waals surface area contributed by atoms with Gasteiger partial charge in [0.25, 0.3) is 0 Å². The number of aromatic hydroxyl groups is 1. The monoisotopic (exact) mass is 222 g/mol. The molecular formula is C13H18O3. The molecule has 0 saturated carbocycles. The van der Waals surface area contributed by atoms with Gasteiger partial charge in [-0.2, -0.15) is 0 Å². The fourth-order valence-corrected chi connectivity index (χ4v) is 1.67. The molecular weight excluding hydrogens is 204 g/mol. The first-order valence-corrected chi connectivity index (χ1v) is 5.61. The lowest BCUT2D eigenvalue weighted by molar-refractivity contribution is -0.143. The van der Waals surface area contributed by atoms with Crippen LogP contribution in [0, 0.1) is 0 Å². The highest BCUT2D eigenvalue weighted by Crippen LogP contribution is 2.25.